The third kappa shape index (κ3) is 3.39. The van der Waals surface area contributed by atoms with E-state index in [4.69, 9.17) is 4.98 Å². The maximum atomic E-state index is 4.75. The average Bonchev–Trinajstić information content (AvgIpc) is 3.05. The molecule has 1 aliphatic heterocycles. The monoisotopic (exact) mass is 408 g/mol. The maximum absolute atomic E-state index is 4.75. The molecule has 2 aliphatic carbocycles. The van der Waals surface area contributed by atoms with E-state index in [-0.39, 0.29) is 5.54 Å². The fraction of sp³-hybridized carbons (Fsp3) is 0.345. The molecule has 2 aromatic rings. The van der Waals surface area contributed by atoms with Gasteiger partial charge in [0.2, 0.25) is 0 Å². The Kier molecular flexibility index (Phi) is 4.97. The Morgan fingerprint density at radius 3 is 2.68 bits per heavy atom. The van der Waals surface area contributed by atoms with E-state index in [2.05, 4.69) is 68.7 Å². The van der Waals surface area contributed by atoms with Crippen LogP contribution in [0.4, 0.5) is 0 Å². The van der Waals surface area contributed by atoms with Crippen LogP contribution in [-0.2, 0) is 5.54 Å². The molecule has 1 saturated carbocycles. The van der Waals surface area contributed by atoms with Crippen LogP contribution in [0.3, 0.4) is 0 Å². The van der Waals surface area contributed by atoms with E-state index in [9.17, 15) is 0 Å². The van der Waals surface area contributed by atoms with Gasteiger partial charge in [-0.1, -0.05) is 62.3 Å². The number of benzene rings is 1. The van der Waals surface area contributed by atoms with E-state index in [0.29, 0.717) is 0 Å². The Morgan fingerprint density at radius 2 is 1.90 bits per heavy atom. The second-order valence-corrected chi connectivity index (χ2v) is 9.48. The Balaban J connectivity index is 1.55. The van der Waals surface area contributed by atoms with Gasteiger partial charge in [-0.2, -0.15) is 0 Å². The summed E-state index contributed by atoms with van der Waals surface area (Å²) in [6.45, 7) is 13.1. The molecule has 0 atom stereocenters. The van der Waals surface area contributed by atoms with Gasteiger partial charge in [-0.3, -0.25) is 4.98 Å². The molecule has 2 heteroatoms. The minimum Gasteiger partial charge on any atom is -0.375 e. The lowest BCUT2D eigenvalue weighted by Crippen LogP contribution is -2.38. The summed E-state index contributed by atoms with van der Waals surface area (Å²) in [6.07, 6.45) is 15.0. The van der Waals surface area contributed by atoms with Gasteiger partial charge in [-0.05, 0) is 73.9 Å². The summed E-state index contributed by atoms with van der Waals surface area (Å²) < 4.78 is 0. The van der Waals surface area contributed by atoms with E-state index >= 15 is 0 Å². The summed E-state index contributed by atoms with van der Waals surface area (Å²) in [5.41, 5.74) is 12.2. The molecule has 1 N–H and O–H groups in total. The molecule has 0 radical (unpaired) electrons. The third-order valence-electron chi connectivity index (χ3n) is 7.46. The number of pyridine rings is 1. The van der Waals surface area contributed by atoms with E-state index in [1.54, 1.807) is 0 Å². The van der Waals surface area contributed by atoms with Crippen LogP contribution in [0.1, 0.15) is 85.4 Å². The van der Waals surface area contributed by atoms with Crippen LogP contribution in [0.2, 0.25) is 0 Å². The number of hydrogen-bond acceptors (Lipinski definition) is 2. The summed E-state index contributed by atoms with van der Waals surface area (Å²) >= 11 is 0. The van der Waals surface area contributed by atoms with Gasteiger partial charge in [-0.15, -0.1) is 0 Å². The van der Waals surface area contributed by atoms with E-state index in [0.717, 1.165) is 35.4 Å². The molecule has 0 saturated heterocycles. The number of aromatic nitrogens is 1. The molecule has 0 amide bonds. The fourth-order valence-electron chi connectivity index (χ4n) is 5.63. The quantitative estimate of drug-likeness (QED) is 0.576. The zero-order valence-corrected chi connectivity index (χ0v) is 18.9. The van der Waals surface area contributed by atoms with Crippen molar-refractivity contribution in [1.82, 2.24) is 10.3 Å². The number of allylic oxidation sites excluding steroid dienone is 4. The van der Waals surface area contributed by atoms with Gasteiger partial charge in [0.1, 0.15) is 0 Å². The zero-order valence-electron chi connectivity index (χ0n) is 18.9. The van der Waals surface area contributed by atoms with Crippen LogP contribution >= 0.6 is 0 Å². The predicted molar refractivity (Wildman–Crippen MR) is 131 cm³/mol. The Hall–Kier alpha value is -2.87. The van der Waals surface area contributed by atoms with Crippen LogP contribution in [-0.4, -0.2) is 4.98 Å². The zero-order chi connectivity index (χ0) is 21.6. The van der Waals surface area contributed by atoms with E-state index < -0.39 is 0 Å². The van der Waals surface area contributed by atoms with Crippen LogP contribution < -0.4 is 5.32 Å². The summed E-state index contributed by atoms with van der Waals surface area (Å²) in [6, 6.07) is 9.08. The molecular formula is C29H32N2. The van der Waals surface area contributed by atoms with Crippen LogP contribution in [0.5, 0.6) is 0 Å². The van der Waals surface area contributed by atoms with Crippen molar-refractivity contribution >= 4 is 16.8 Å². The summed E-state index contributed by atoms with van der Waals surface area (Å²) in [5.74, 6) is 0. The summed E-state index contributed by atoms with van der Waals surface area (Å²) in [7, 11) is 0. The second kappa shape index (κ2) is 7.67. The van der Waals surface area contributed by atoms with Gasteiger partial charge in [0.15, 0.2) is 0 Å². The van der Waals surface area contributed by atoms with Crippen molar-refractivity contribution in [3.05, 3.63) is 94.9 Å². The van der Waals surface area contributed by atoms with Gasteiger partial charge in [-0.25, -0.2) is 0 Å². The molecule has 1 aromatic heterocycles. The number of rotatable bonds is 3. The molecule has 0 unspecified atom stereocenters. The van der Waals surface area contributed by atoms with Crippen molar-refractivity contribution in [3.63, 3.8) is 0 Å². The first-order chi connectivity index (χ1) is 15.0. The standard InChI is InChI=1S/C29H32N2/c1-19-10-6-7-11-25(19)24-16-27(21(3)30-18-24)20(2)23-12-13-26-22(4)31-29(28(26)17-23)14-8-5-9-15-29/h7,11-13,16-18,31H,2,4-6,8-10,14-15H2,1,3H3. The number of aryl methyl sites for hydroxylation is 1. The van der Waals surface area contributed by atoms with Gasteiger partial charge in [0.05, 0.1) is 5.54 Å². The van der Waals surface area contributed by atoms with E-state index in [1.165, 1.54) is 65.5 Å². The molecule has 158 valence electrons. The van der Waals surface area contributed by atoms with Crippen LogP contribution in [0, 0.1) is 6.92 Å². The van der Waals surface area contributed by atoms with E-state index in [1.807, 2.05) is 6.20 Å². The van der Waals surface area contributed by atoms with Gasteiger partial charge < -0.3 is 5.32 Å². The molecule has 1 aromatic carbocycles. The van der Waals surface area contributed by atoms with Gasteiger partial charge in [0, 0.05) is 34.3 Å². The Bertz CT molecular complexity index is 1140. The first-order valence-electron chi connectivity index (χ1n) is 11.6. The number of fused-ring (bicyclic) bond motifs is 2. The average molecular weight is 409 g/mol. The van der Waals surface area contributed by atoms with Crippen molar-refractivity contribution in [2.45, 2.75) is 64.3 Å². The highest BCUT2D eigenvalue weighted by Crippen LogP contribution is 2.46. The molecule has 1 spiro atoms. The minimum atomic E-state index is 0.0604. The normalized spacial score (nSPS) is 19.5. The highest BCUT2D eigenvalue weighted by Gasteiger charge is 2.41. The van der Waals surface area contributed by atoms with Crippen LogP contribution in [0.15, 0.2) is 61.3 Å². The molecule has 5 rings (SSSR count). The van der Waals surface area contributed by atoms with Gasteiger partial charge >= 0.3 is 0 Å². The second-order valence-electron chi connectivity index (χ2n) is 9.48. The minimum absolute atomic E-state index is 0.0604. The molecule has 3 aliphatic rings. The number of hydrogen-bond donors (Lipinski definition) is 1. The first kappa shape index (κ1) is 20.1. The number of nitrogens with zero attached hydrogens (tertiary/aromatic N) is 1. The Labute approximate surface area is 186 Å². The topological polar surface area (TPSA) is 24.9 Å². The lowest BCUT2D eigenvalue weighted by molar-refractivity contribution is 0.276. The van der Waals surface area contributed by atoms with Crippen molar-refractivity contribution < 1.29 is 0 Å². The van der Waals surface area contributed by atoms with Crippen molar-refractivity contribution in [2.24, 2.45) is 0 Å². The maximum Gasteiger partial charge on any atom is 0.0632 e. The van der Waals surface area contributed by atoms with Crippen molar-refractivity contribution in [1.29, 1.82) is 0 Å². The highest BCUT2D eigenvalue weighted by molar-refractivity contribution is 5.85. The largest absolute Gasteiger partial charge is 0.375 e. The highest BCUT2D eigenvalue weighted by atomic mass is 15.0. The molecule has 2 nitrogen and oxygen atoms in total. The third-order valence-corrected chi connectivity index (χ3v) is 7.46. The van der Waals surface area contributed by atoms with Crippen molar-refractivity contribution in [2.75, 3.05) is 0 Å². The summed E-state index contributed by atoms with van der Waals surface area (Å²) in [4.78, 5) is 4.75. The first-order valence-corrected chi connectivity index (χ1v) is 11.6. The molecule has 2 heterocycles. The number of nitrogens with one attached hydrogen (secondary N) is 1. The van der Waals surface area contributed by atoms with Crippen LogP contribution in [0.25, 0.3) is 16.8 Å². The molecule has 31 heavy (non-hydrogen) atoms. The smallest absolute Gasteiger partial charge is 0.0632 e. The molecular weight excluding hydrogens is 376 g/mol. The Morgan fingerprint density at radius 1 is 1.10 bits per heavy atom. The lowest BCUT2D eigenvalue weighted by atomic mass is 9.76. The lowest BCUT2D eigenvalue weighted by Gasteiger charge is -2.35. The predicted octanol–water partition coefficient (Wildman–Crippen LogP) is 7.31. The molecule has 0 bridgehead atoms. The molecule has 1 fully saturated rings. The SMILES string of the molecule is C=C1NC2(CCCCC2)c2cc(C(=C)c3cc(C4=C(C)CCC=C4)cnc3C)ccc21. The van der Waals surface area contributed by atoms with Gasteiger partial charge in [0.25, 0.3) is 0 Å². The van der Waals surface area contributed by atoms with Crippen molar-refractivity contribution in [3.8, 4) is 0 Å². The fourth-order valence-corrected chi connectivity index (χ4v) is 5.63. The summed E-state index contributed by atoms with van der Waals surface area (Å²) in [5, 5.41) is 3.76.